The van der Waals surface area contributed by atoms with E-state index in [2.05, 4.69) is 117 Å². The number of fused-ring (bicyclic) bond motifs is 3. The van der Waals surface area contributed by atoms with Gasteiger partial charge in [-0.15, -0.1) is 45.3 Å². The molecule has 3 aromatic carbocycles. The normalized spacial score (nSPS) is 12.1. The van der Waals surface area contributed by atoms with Gasteiger partial charge in [0.25, 0.3) is 5.91 Å². The summed E-state index contributed by atoms with van der Waals surface area (Å²) >= 11 is 7.70. The van der Waals surface area contributed by atoms with Crippen molar-refractivity contribution in [2.24, 2.45) is 0 Å². The Morgan fingerprint density at radius 3 is 1.52 bits per heavy atom. The molecule has 0 radical (unpaired) electrons. The van der Waals surface area contributed by atoms with Crippen LogP contribution < -0.4 is 10.5 Å². The Balaban J connectivity index is 1.19. The third kappa shape index (κ3) is 14.4. The standard InChI is InChI=1S/C67H83N3O4S4Si/c1-9-14-18-22-28-47-41-61(75-59(47)45-52(46-68)67(71)69-53-35-37-54(38-36-53)79(72-6,73-7)74-8)64-50(30-24-20-16-11-3)43-63(77-64)66-51(31-25-21-17-12-4)44-62(78-66)65-49(29-23-19-15-10-2)42-60(76-65)48-34-39-58-56(40-48)55-32-26-27-33-57(55)70(58)13-5/h26-27,32-45H,9-25,28-31H2,1-8H3,(H,69,71)/b52-45+. The summed E-state index contributed by atoms with van der Waals surface area (Å²) in [5, 5.41) is 17.0. The minimum absolute atomic E-state index is 0.0817. The number of hydrogen-bond donors (Lipinski definition) is 1. The number of carbonyl (C=O) groups excluding carboxylic acids is 1. The van der Waals surface area contributed by atoms with Crippen LogP contribution in [0.4, 0.5) is 5.69 Å². The lowest BCUT2D eigenvalue weighted by molar-refractivity contribution is -0.112. The molecular formula is C67H83N3O4S4Si. The van der Waals surface area contributed by atoms with E-state index in [9.17, 15) is 10.1 Å². The van der Waals surface area contributed by atoms with Gasteiger partial charge >= 0.3 is 8.80 Å². The first-order valence-electron chi connectivity index (χ1n) is 29.4. The number of nitrogens with zero attached hydrogens (tertiary/aromatic N) is 2. The molecule has 12 heteroatoms. The number of anilines is 1. The van der Waals surface area contributed by atoms with E-state index in [0.29, 0.717) is 5.69 Å². The number of unbranched alkanes of at least 4 members (excludes halogenated alkanes) is 12. The van der Waals surface area contributed by atoms with Gasteiger partial charge in [0.15, 0.2) is 0 Å². The first kappa shape index (κ1) is 60.2. The van der Waals surface area contributed by atoms with Crippen LogP contribution in [0.1, 0.15) is 164 Å². The van der Waals surface area contributed by atoms with Gasteiger partial charge in [0.2, 0.25) is 0 Å². The van der Waals surface area contributed by atoms with E-state index in [4.69, 9.17) is 13.3 Å². The van der Waals surface area contributed by atoms with E-state index in [1.54, 1.807) is 44.8 Å². The Labute approximate surface area is 489 Å². The molecule has 79 heavy (non-hydrogen) atoms. The van der Waals surface area contributed by atoms with Crippen LogP contribution in [0.15, 0.2) is 96.6 Å². The van der Waals surface area contributed by atoms with Crippen LogP contribution in [-0.4, -0.2) is 40.6 Å². The summed E-state index contributed by atoms with van der Waals surface area (Å²) in [7, 11) is 1.67. The number of aryl methyl sites for hydroxylation is 5. The Morgan fingerprint density at radius 2 is 1.01 bits per heavy atom. The lowest BCUT2D eigenvalue weighted by atomic mass is 10.0. The fourth-order valence-electron chi connectivity index (χ4n) is 11.1. The maximum absolute atomic E-state index is 13.9. The lowest BCUT2D eigenvalue weighted by Crippen LogP contribution is -2.54. The van der Waals surface area contributed by atoms with Crippen LogP contribution in [0.25, 0.3) is 67.6 Å². The summed E-state index contributed by atoms with van der Waals surface area (Å²) in [6.45, 7) is 12.3. The number of hydrogen-bond acceptors (Lipinski definition) is 9. The molecule has 0 bridgehead atoms. The van der Waals surface area contributed by atoms with Gasteiger partial charge in [0.1, 0.15) is 11.6 Å². The van der Waals surface area contributed by atoms with Crippen molar-refractivity contribution in [2.45, 2.75) is 170 Å². The van der Waals surface area contributed by atoms with Crippen LogP contribution in [-0.2, 0) is 50.3 Å². The average Bonchev–Trinajstić information content (AvgIpc) is 4.53. The minimum Gasteiger partial charge on any atom is -0.373 e. The topological polar surface area (TPSA) is 85.5 Å². The Bertz CT molecular complexity index is 3320. The predicted molar refractivity (Wildman–Crippen MR) is 345 cm³/mol. The summed E-state index contributed by atoms with van der Waals surface area (Å²) in [6, 6.07) is 35.6. The molecule has 0 aliphatic rings. The lowest BCUT2D eigenvalue weighted by Gasteiger charge is -2.24. The molecular weight excluding hydrogens is 1070 g/mol. The van der Waals surface area contributed by atoms with Gasteiger partial charge in [-0.2, -0.15) is 5.26 Å². The van der Waals surface area contributed by atoms with Gasteiger partial charge in [0.05, 0.1) is 0 Å². The zero-order chi connectivity index (χ0) is 55.7. The smallest absolute Gasteiger partial charge is 0.373 e. The van der Waals surface area contributed by atoms with Gasteiger partial charge in [-0.1, -0.05) is 141 Å². The first-order chi connectivity index (χ1) is 38.7. The number of amides is 1. The Kier molecular flexibility index (Phi) is 22.6. The van der Waals surface area contributed by atoms with Gasteiger partial charge < -0.3 is 23.2 Å². The molecule has 8 aromatic rings. The van der Waals surface area contributed by atoms with Crippen molar-refractivity contribution < 1.29 is 18.1 Å². The third-order valence-electron chi connectivity index (χ3n) is 15.5. The molecule has 8 rings (SSSR count). The number of aromatic nitrogens is 1. The van der Waals surface area contributed by atoms with Crippen molar-refractivity contribution in [3.05, 3.63) is 124 Å². The van der Waals surface area contributed by atoms with E-state index >= 15 is 0 Å². The van der Waals surface area contributed by atoms with Crippen LogP contribution in [0.2, 0.25) is 0 Å². The largest absolute Gasteiger partial charge is 0.536 e. The van der Waals surface area contributed by atoms with Crippen molar-refractivity contribution in [1.82, 2.24) is 4.57 Å². The first-order valence-corrected chi connectivity index (χ1v) is 34.4. The van der Waals surface area contributed by atoms with Crippen LogP contribution in [0.5, 0.6) is 0 Å². The number of para-hydroxylation sites is 1. The maximum atomic E-state index is 13.9. The predicted octanol–water partition coefficient (Wildman–Crippen LogP) is 19.9. The molecule has 0 saturated carbocycles. The number of nitrogens with one attached hydrogen (secondary N) is 1. The van der Waals surface area contributed by atoms with E-state index in [1.807, 2.05) is 52.2 Å². The molecule has 1 N–H and O–H groups in total. The molecule has 0 unspecified atom stereocenters. The summed E-state index contributed by atoms with van der Waals surface area (Å²) in [4.78, 5) is 24.5. The Morgan fingerprint density at radius 1 is 0.544 bits per heavy atom. The highest BCUT2D eigenvalue weighted by molar-refractivity contribution is 7.29. The van der Waals surface area contributed by atoms with Crippen LogP contribution in [0, 0.1) is 11.3 Å². The van der Waals surface area contributed by atoms with Crippen LogP contribution in [0.3, 0.4) is 0 Å². The number of carbonyl (C=O) groups is 1. The Hall–Kier alpha value is -4.94. The summed E-state index contributed by atoms with van der Waals surface area (Å²) in [5.41, 5.74) is 10.1. The molecule has 418 valence electrons. The minimum atomic E-state index is -3.05. The highest BCUT2D eigenvalue weighted by Crippen LogP contribution is 2.50. The van der Waals surface area contributed by atoms with Gasteiger partial charge in [0, 0.05) is 99.6 Å². The van der Waals surface area contributed by atoms with Crippen molar-refractivity contribution in [3.63, 3.8) is 0 Å². The van der Waals surface area contributed by atoms with Crippen molar-refractivity contribution in [2.75, 3.05) is 26.6 Å². The molecule has 0 saturated heterocycles. The van der Waals surface area contributed by atoms with Gasteiger partial charge in [-0.25, -0.2) is 0 Å². The summed E-state index contributed by atoms with van der Waals surface area (Å²) in [6.07, 6.45) is 25.1. The van der Waals surface area contributed by atoms with Crippen LogP contribution >= 0.6 is 45.3 Å². The van der Waals surface area contributed by atoms with E-state index in [1.165, 1.54) is 161 Å². The summed E-state index contributed by atoms with van der Waals surface area (Å²) < 4.78 is 19.5. The van der Waals surface area contributed by atoms with Gasteiger partial charge in [-0.3, -0.25) is 4.79 Å². The number of thiophene rings is 4. The maximum Gasteiger partial charge on any atom is 0.536 e. The molecule has 0 spiro atoms. The second-order valence-corrected chi connectivity index (χ2v) is 28.2. The second-order valence-electron chi connectivity index (χ2n) is 21.0. The SMILES string of the molecule is CCCCCCc1cc(-c2sc(-c3sc(-c4sc(-c5ccc6c(c5)c5ccccc5n6CC)cc4CCCCCC)cc3CCCCCC)cc2CCCCCC)sc1/C=C(\C#N)C(=O)Nc1ccc([Si](OC)(OC)OC)cc1. The number of nitriles is 1. The fraction of sp³-hybridized carbons (Fsp3) is 0.433. The van der Waals surface area contributed by atoms with Crippen molar-refractivity contribution >= 4 is 98.8 Å². The van der Waals surface area contributed by atoms with E-state index in [0.717, 1.165) is 68.0 Å². The van der Waals surface area contributed by atoms with Crippen molar-refractivity contribution in [3.8, 4) is 45.8 Å². The third-order valence-corrected chi connectivity index (χ3v) is 23.4. The zero-order valence-electron chi connectivity index (χ0n) is 48.2. The number of rotatable bonds is 32. The van der Waals surface area contributed by atoms with Gasteiger partial charge in [-0.05, 0) is 147 Å². The highest BCUT2D eigenvalue weighted by Gasteiger charge is 2.40. The molecule has 1 amide bonds. The molecule has 0 aliphatic carbocycles. The second kappa shape index (κ2) is 29.7. The molecule has 5 heterocycles. The average molecular weight is 1150 g/mol. The molecule has 0 aliphatic heterocycles. The fourth-order valence-corrected chi connectivity index (χ4v) is 18.0. The molecule has 0 fully saturated rings. The highest BCUT2D eigenvalue weighted by atomic mass is 32.1. The van der Waals surface area contributed by atoms with E-state index in [-0.39, 0.29) is 5.57 Å². The monoisotopic (exact) mass is 1150 g/mol. The number of benzene rings is 3. The molecule has 0 atom stereocenters. The quantitative estimate of drug-likeness (QED) is 0.0197. The molecule has 7 nitrogen and oxygen atoms in total. The molecule has 5 aromatic heterocycles. The van der Waals surface area contributed by atoms with E-state index < -0.39 is 14.7 Å². The zero-order valence-corrected chi connectivity index (χ0v) is 52.5. The summed E-state index contributed by atoms with van der Waals surface area (Å²) in [5.74, 6) is -0.436. The van der Waals surface area contributed by atoms with Crippen molar-refractivity contribution in [1.29, 1.82) is 5.26 Å².